The van der Waals surface area contributed by atoms with Crippen LogP contribution in [0.3, 0.4) is 0 Å². The number of urea groups is 1. The highest BCUT2D eigenvalue weighted by atomic mass is 35.5. The highest BCUT2D eigenvalue weighted by Gasteiger charge is 2.15. The molecule has 8 nitrogen and oxygen atoms in total. The van der Waals surface area contributed by atoms with Crippen LogP contribution in [0.5, 0.6) is 0 Å². The molecule has 38 heavy (non-hydrogen) atoms. The van der Waals surface area contributed by atoms with Crippen molar-refractivity contribution < 1.29 is 9.59 Å². The van der Waals surface area contributed by atoms with Gasteiger partial charge in [-0.05, 0) is 61.4 Å². The number of anilines is 3. The van der Waals surface area contributed by atoms with Crippen LogP contribution in [0, 0.1) is 13.8 Å². The Labute approximate surface area is 228 Å². The van der Waals surface area contributed by atoms with Crippen LogP contribution in [-0.4, -0.2) is 22.1 Å². The molecule has 5 aromatic rings. The number of hydrogen-bond acceptors (Lipinski definition) is 7. The molecule has 0 unspecified atom stereocenters. The minimum atomic E-state index is -0.361. The number of aliphatic imine (C=N–C) groups is 1. The first-order valence-electron chi connectivity index (χ1n) is 11.4. The first-order chi connectivity index (χ1) is 18.4. The van der Waals surface area contributed by atoms with Gasteiger partial charge >= 0.3 is 6.03 Å². The van der Waals surface area contributed by atoms with Crippen LogP contribution < -0.4 is 16.4 Å². The lowest BCUT2D eigenvalue weighted by Crippen LogP contribution is -2.19. The molecule has 0 aliphatic heterocycles. The average molecular weight is 543 g/mol. The Morgan fingerprint density at radius 2 is 1.74 bits per heavy atom. The second kappa shape index (κ2) is 12.1. The molecule has 190 valence electrons. The predicted octanol–water partition coefficient (Wildman–Crippen LogP) is 7.51. The van der Waals surface area contributed by atoms with Gasteiger partial charge < -0.3 is 16.4 Å². The van der Waals surface area contributed by atoms with Crippen LogP contribution >= 0.6 is 22.9 Å². The van der Waals surface area contributed by atoms with Gasteiger partial charge in [-0.3, -0.25) is 0 Å². The zero-order chi connectivity index (χ0) is 27.1. The van der Waals surface area contributed by atoms with E-state index in [0.717, 1.165) is 31.8 Å². The number of halogens is 1. The van der Waals surface area contributed by atoms with Gasteiger partial charge in [0, 0.05) is 16.1 Å². The number of nitrogen functional groups attached to an aromatic ring is 1. The van der Waals surface area contributed by atoms with Crippen LogP contribution in [0.25, 0.3) is 21.3 Å². The normalized spacial score (nSPS) is 10.2. The third-order valence-electron chi connectivity index (χ3n) is 5.43. The number of fused-ring (bicyclic) bond motifs is 1. The third-order valence-corrected chi connectivity index (χ3v) is 6.77. The van der Waals surface area contributed by atoms with E-state index in [4.69, 9.17) is 17.3 Å². The Hall–Kier alpha value is -4.56. The molecule has 0 aliphatic carbocycles. The molecule has 0 saturated heterocycles. The molecule has 0 aliphatic rings. The van der Waals surface area contributed by atoms with Crippen LogP contribution in [-0.2, 0) is 4.79 Å². The zero-order valence-corrected chi connectivity index (χ0v) is 22.1. The first kappa shape index (κ1) is 26.5. The van der Waals surface area contributed by atoms with Crippen molar-refractivity contribution in [2.45, 2.75) is 13.8 Å². The maximum Gasteiger partial charge on any atom is 0.323 e. The number of benzene rings is 3. The Balaban J connectivity index is 0.000000317. The van der Waals surface area contributed by atoms with Crippen molar-refractivity contribution in [1.29, 1.82) is 0 Å². The smallest absolute Gasteiger partial charge is 0.323 e. The van der Waals surface area contributed by atoms with Gasteiger partial charge in [0.05, 0.1) is 21.8 Å². The fourth-order valence-corrected chi connectivity index (χ4v) is 4.89. The minimum Gasteiger partial charge on any atom is -0.383 e. The summed E-state index contributed by atoms with van der Waals surface area (Å²) in [7, 11) is 0. The van der Waals surface area contributed by atoms with Crippen molar-refractivity contribution in [3.05, 3.63) is 94.6 Å². The summed E-state index contributed by atoms with van der Waals surface area (Å²) in [5, 5.41) is 6.94. The maximum atomic E-state index is 12.3. The number of hydrogen-bond donors (Lipinski definition) is 3. The summed E-state index contributed by atoms with van der Waals surface area (Å²) in [6.07, 6.45) is 2.93. The summed E-state index contributed by atoms with van der Waals surface area (Å²) in [5.74, 6) is 0.464. The number of carbonyl (C=O) groups is 1. The second-order valence-corrected chi connectivity index (χ2v) is 9.76. The highest BCUT2D eigenvalue weighted by Crippen LogP contribution is 2.39. The summed E-state index contributed by atoms with van der Waals surface area (Å²) in [5.41, 5.74) is 11.0. The number of para-hydroxylation sites is 1. The van der Waals surface area contributed by atoms with Gasteiger partial charge in [-0.15, -0.1) is 11.3 Å². The van der Waals surface area contributed by atoms with Crippen molar-refractivity contribution in [1.82, 2.24) is 9.97 Å². The van der Waals surface area contributed by atoms with Crippen LogP contribution in [0.15, 0.2) is 84.1 Å². The number of thiophene rings is 1. The standard InChI is InChI=1S/C21H18ClN5OS.C7H5NO/c1-11-3-8-15(22)16(9-11)27-21(28)26-14-6-4-13(5-7-14)17-12(2)29-20-18(17)19(23)24-10-25-20;9-6-8-7-4-2-1-3-5-7/h3-10H,1-2H3,(H2,23,24,25)(H2,26,27,28);1-5H. The molecular weight excluding hydrogens is 520 g/mol. The van der Waals surface area contributed by atoms with E-state index in [0.29, 0.717) is 27.9 Å². The van der Waals surface area contributed by atoms with E-state index < -0.39 is 0 Å². The molecule has 0 saturated carbocycles. The van der Waals surface area contributed by atoms with Crippen molar-refractivity contribution in [2.24, 2.45) is 4.99 Å². The first-order valence-corrected chi connectivity index (χ1v) is 12.6. The molecule has 5 rings (SSSR count). The maximum absolute atomic E-state index is 12.3. The molecule has 0 spiro atoms. The molecule has 0 radical (unpaired) electrons. The number of aryl methyl sites for hydroxylation is 2. The number of carbonyl (C=O) groups excluding carboxylic acids is 2. The Morgan fingerprint density at radius 3 is 2.45 bits per heavy atom. The van der Waals surface area contributed by atoms with Crippen molar-refractivity contribution >= 4 is 68.1 Å². The molecule has 0 bridgehead atoms. The van der Waals surface area contributed by atoms with Gasteiger partial charge in [-0.2, -0.15) is 4.99 Å². The third kappa shape index (κ3) is 6.41. The van der Waals surface area contributed by atoms with Gasteiger partial charge in [0.25, 0.3) is 0 Å². The topological polar surface area (TPSA) is 122 Å². The zero-order valence-electron chi connectivity index (χ0n) is 20.5. The summed E-state index contributed by atoms with van der Waals surface area (Å²) in [4.78, 5) is 35.8. The predicted molar refractivity (Wildman–Crippen MR) is 155 cm³/mol. The van der Waals surface area contributed by atoms with Crippen LogP contribution in [0.1, 0.15) is 10.4 Å². The molecular formula is C28H23ClN6O2S. The van der Waals surface area contributed by atoms with Gasteiger partial charge in [-0.25, -0.2) is 19.6 Å². The van der Waals surface area contributed by atoms with Gasteiger partial charge in [0.15, 0.2) is 0 Å². The van der Waals surface area contributed by atoms with Crippen LogP contribution in [0.2, 0.25) is 5.02 Å². The second-order valence-electron chi connectivity index (χ2n) is 8.15. The van der Waals surface area contributed by atoms with E-state index in [9.17, 15) is 9.59 Å². The SMILES string of the molecule is Cc1ccc(Cl)c(NC(=O)Nc2ccc(-c3c(C)sc4ncnc(N)c34)cc2)c1.O=C=Nc1ccccc1. The number of aromatic nitrogens is 2. The molecule has 3 aromatic carbocycles. The summed E-state index contributed by atoms with van der Waals surface area (Å²) in [6.45, 7) is 3.97. The number of isocyanates is 1. The molecule has 2 amide bonds. The lowest BCUT2D eigenvalue weighted by atomic mass is 10.0. The minimum absolute atomic E-state index is 0.361. The molecule has 0 atom stereocenters. The van der Waals surface area contributed by atoms with Crippen molar-refractivity contribution in [3.63, 3.8) is 0 Å². The van der Waals surface area contributed by atoms with Gasteiger partial charge in [-0.1, -0.05) is 48.0 Å². The van der Waals surface area contributed by atoms with E-state index in [2.05, 4.69) is 25.6 Å². The monoisotopic (exact) mass is 542 g/mol. The van der Waals surface area contributed by atoms with Crippen molar-refractivity contribution in [3.8, 4) is 11.1 Å². The Morgan fingerprint density at radius 1 is 1.00 bits per heavy atom. The Bertz CT molecular complexity index is 1630. The summed E-state index contributed by atoms with van der Waals surface area (Å²) >= 11 is 7.72. The average Bonchev–Trinajstić information content (AvgIpc) is 3.25. The molecule has 0 fully saturated rings. The van der Waals surface area contributed by atoms with Gasteiger partial charge in [0.2, 0.25) is 6.08 Å². The molecule has 4 N–H and O–H groups in total. The number of rotatable bonds is 4. The van der Waals surface area contributed by atoms with E-state index in [1.807, 2.05) is 68.4 Å². The largest absolute Gasteiger partial charge is 0.383 e. The molecule has 2 heterocycles. The summed E-state index contributed by atoms with van der Waals surface area (Å²) < 4.78 is 0. The molecule has 2 aromatic heterocycles. The van der Waals surface area contributed by atoms with E-state index >= 15 is 0 Å². The quantitative estimate of drug-likeness (QED) is 0.160. The Kier molecular flexibility index (Phi) is 8.45. The van der Waals surface area contributed by atoms with E-state index in [-0.39, 0.29) is 6.03 Å². The summed E-state index contributed by atoms with van der Waals surface area (Å²) in [6, 6.07) is 21.6. The van der Waals surface area contributed by atoms with Gasteiger partial charge in [0.1, 0.15) is 17.0 Å². The molecule has 10 heteroatoms. The fourth-order valence-electron chi connectivity index (χ4n) is 3.71. The lowest BCUT2D eigenvalue weighted by Gasteiger charge is -2.10. The lowest BCUT2D eigenvalue weighted by molar-refractivity contribution is 0.262. The number of nitrogens with zero attached hydrogens (tertiary/aromatic N) is 3. The number of amides is 2. The number of nitrogens with one attached hydrogen (secondary N) is 2. The fraction of sp³-hybridized carbons (Fsp3) is 0.0714. The highest BCUT2D eigenvalue weighted by molar-refractivity contribution is 7.19. The van der Waals surface area contributed by atoms with Crippen molar-refractivity contribution in [2.75, 3.05) is 16.4 Å². The van der Waals surface area contributed by atoms with E-state index in [1.165, 1.54) is 12.4 Å². The number of nitrogens with two attached hydrogens (primary N) is 1. The van der Waals surface area contributed by atoms with E-state index in [1.54, 1.807) is 29.5 Å². The van der Waals surface area contributed by atoms with Crippen LogP contribution in [0.4, 0.5) is 27.7 Å².